The lowest BCUT2D eigenvalue weighted by Gasteiger charge is -2.30. The van der Waals surface area contributed by atoms with Crippen molar-refractivity contribution in [3.8, 4) is 0 Å². The third kappa shape index (κ3) is 6.06. The zero-order valence-electron chi connectivity index (χ0n) is 21.2. The van der Waals surface area contributed by atoms with Gasteiger partial charge in [0, 0.05) is 36.1 Å². The molecule has 1 amide bonds. The molecule has 4 N–H and O–H groups in total. The molecule has 0 spiro atoms. The van der Waals surface area contributed by atoms with Crippen LogP contribution in [0, 0.1) is 11.7 Å². The molecule has 1 saturated carbocycles. The van der Waals surface area contributed by atoms with Crippen LogP contribution in [0.3, 0.4) is 0 Å². The van der Waals surface area contributed by atoms with Crippen LogP contribution in [0.5, 0.6) is 0 Å². The lowest BCUT2D eigenvalue weighted by Crippen LogP contribution is -2.42. The number of nitrogens with one attached hydrogen (secondary N) is 2. The Morgan fingerprint density at radius 2 is 1.79 bits per heavy atom. The van der Waals surface area contributed by atoms with Gasteiger partial charge in [-0.05, 0) is 50.7 Å². The van der Waals surface area contributed by atoms with E-state index in [-0.39, 0.29) is 39.6 Å². The van der Waals surface area contributed by atoms with E-state index in [1.807, 2.05) is 4.57 Å². The lowest BCUT2D eigenvalue weighted by molar-refractivity contribution is -0.122. The third-order valence-electron chi connectivity index (χ3n) is 7.40. The summed E-state index contributed by atoms with van der Waals surface area (Å²) in [4.78, 5) is 25.6. The van der Waals surface area contributed by atoms with Gasteiger partial charge in [0.1, 0.15) is 11.3 Å². The minimum atomic E-state index is -3.23. The molecule has 0 bridgehead atoms. The van der Waals surface area contributed by atoms with Crippen molar-refractivity contribution in [2.24, 2.45) is 11.7 Å². The zero-order chi connectivity index (χ0) is 27.9. The maximum absolute atomic E-state index is 14.8. The average Bonchev–Trinajstić information content (AvgIpc) is 3.23. The summed E-state index contributed by atoms with van der Waals surface area (Å²) in [6, 6.07) is 2.53. The molecule has 2 aromatic heterocycles. The molecular formula is C24H29Cl2FN8O3S. The first-order chi connectivity index (χ1) is 18.5. The Balaban J connectivity index is 1.46. The number of benzene rings is 1. The highest BCUT2D eigenvalue weighted by Gasteiger charge is 2.30. The van der Waals surface area contributed by atoms with Crippen LogP contribution in [0.1, 0.15) is 44.6 Å². The summed E-state index contributed by atoms with van der Waals surface area (Å²) >= 11 is 12.2. The molecule has 5 rings (SSSR count). The molecule has 0 unspecified atom stereocenters. The van der Waals surface area contributed by atoms with Gasteiger partial charge in [-0.2, -0.15) is 4.98 Å². The maximum atomic E-state index is 14.8. The summed E-state index contributed by atoms with van der Waals surface area (Å²) in [5.74, 6) is -0.413. The van der Waals surface area contributed by atoms with E-state index in [0.717, 1.165) is 6.07 Å². The second kappa shape index (κ2) is 11.0. The van der Waals surface area contributed by atoms with Crippen molar-refractivity contribution in [2.45, 2.75) is 50.6 Å². The fourth-order valence-corrected chi connectivity index (χ4v) is 6.69. The molecule has 3 heterocycles. The first-order valence-corrected chi connectivity index (χ1v) is 15.3. The van der Waals surface area contributed by atoms with Crippen LogP contribution >= 0.6 is 23.2 Å². The van der Waals surface area contributed by atoms with Crippen molar-refractivity contribution in [3.05, 3.63) is 34.2 Å². The number of nitrogens with two attached hydrogens (primary N) is 1. The first kappa shape index (κ1) is 27.8. The van der Waals surface area contributed by atoms with Crippen LogP contribution < -0.4 is 16.4 Å². The minimum Gasteiger partial charge on any atom is -0.369 e. The Hall–Kier alpha value is -2.74. The third-order valence-corrected chi connectivity index (χ3v) is 9.22. The van der Waals surface area contributed by atoms with Crippen molar-refractivity contribution in [3.63, 3.8) is 0 Å². The van der Waals surface area contributed by atoms with E-state index in [2.05, 4.69) is 20.6 Å². The Morgan fingerprint density at radius 3 is 2.41 bits per heavy atom. The molecule has 15 heteroatoms. The normalized spacial score (nSPS) is 21.2. The van der Waals surface area contributed by atoms with E-state index >= 15 is 0 Å². The van der Waals surface area contributed by atoms with Crippen molar-refractivity contribution < 1.29 is 17.6 Å². The van der Waals surface area contributed by atoms with Crippen LogP contribution in [-0.2, 0) is 14.8 Å². The standard InChI is InChI=1S/C24H29Cl2FN8O3S/c1-39(37,38)34-8-6-15(7-9-34)30-23-29-12-19-22(33-23)35(16-4-2-13(3-5-16)21(28)36)24(31-19)32-20-17(26)10-14(25)11-18(20)27/h10-13,15-16H,2-9H2,1H3,(H2,28,36)(H,31,32)(H,29,30,33). The molecule has 1 aliphatic carbocycles. The van der Waals surface area contributed by atoms with E-state index in [0.29, 0.717) is 74.7 Å². The Labute approximate surface area is 235 Å². The summed E-state index contributed by atoms with van der Waals surface area (Å²) in [6.45, 7) is 0.836. The Bertz CT molecular complexity index is 1480. The molecule has 2 fully saturated rings. The van der Waals surface area contributed by atoms with Gasteiger partial charge in [0.05, 0.1) is 23.2 Å². The molecule has 3 aromatic rings. The largest absolute Gasteiger partial charge is 0.369 e. The Morgan fingerprint density at radius 1 is 1.10 bits per heavy atom. The van der Waals surface area contributed by atoms with Crippen LogP contribution in [0.2, 0.25) is 10.0 Å². The lowest BCUT2D eigenvalue weighted by atomic mass is 9.85. The van der Waals surface area contributed by atoms with Crippen molar-refractivity contribution >= 4 is 67.9 Å². The number of fused-ring (bicyclic) bond motifs is 1. The SMILES string of the molecule is CS(=O)(=O)N1CCC(Nc2ncc3nc(Nc4c(F)cc(Cl)cc4Cl)n(C4CCC(C(N)=O)CC4)c3n2)CC1. The van der Waals surface area contributed by atoms with Crippen LogP contribution in [0.25, 0.3) is 11.2 Å². The number of imidazole rings is 1. The average molecular weight is 600 g/mol. The van der Waals surface area contributed by atoms with E-state index in [1.54, 1.807) is 6.20 Å². The topological polar surface area (TPSA) is 148 Å². The van der Waals surface area contributed by atoms with E-state index < -0.39 is 15.8 Å². The zero-order valence-corrected chi connectivity index (χ0v) is 23.5. The number of carbonyl (C=O) groups excluding carboxylic acids is 1. The van der Waals surface area contributed by atoms with Gasteiger partial charge >= 0.3 is 0 Å². The van der Waals surface area contributed by atoms with Gasteiger partial charge in [-0.1, -0.05) is 23.2 Å². The predicted molar refractivity (Wildman–Crippen MR) is 148 cm³/mol. The number of rotatable bonds is 7. The fourth-order valence-electron chi connectivity index (χ4n) is 5.30. The van der Waals surface area contributed by atoms with Gasteiger partial charge in [-0.15, -0.1) is 0 Å². The summed E-state index contributed by atoms with van der Waals surface area (Å²) < 4.78 is 41.8. The van der Waals surface area contributed by atoms with Crippen LogP contribution in [-0.4, -0.2) is 63.5 Å². The molecular weight excluding hydrogens is 570 g/mol. The Kier molecular flexibility index (Phi) is 7.86. The molecule has 1 aliphatic heterocycles. The monoisotopic (exact) mass is 598 g/mol. The highest BCUT2D eigenvalue weighted by atomic mass is 35.5. The molecule has 1 saturated heterocycles. The number of sulfonamides is 1. The number of anilines is 3. The number of halogens is 3. The van der Waals surface area contributed by atoms with Crippen molar-refractivity contribution in [2.75, 3.05) is 30.0 Å². The molecule has 39 heavy (non-hydrogen) atoms. The highest BCUT2D eigenvalue weighted by Crippen LogP contribution is 2.38. The molecule has 1 aromatic carbocycles. The van der Waals surface area contributed by atoms with E-state index in [9.17, 15) is 17.6 Å². The summed E-state index contributed by atoms with van der Waals surface area (Å²) in [7, 11) is -3.23. The van der Waals surface area contributed by atoms with Gasteiger partial charge in [0.25, 0.3) is 0 Å². The van der Waals surface area contributed by atoms with Crippen LogP contribution in [0.15, 0.2) is 18.3 Å². The summed E-state index contributed by atoms with van der Waals surface area (Å²) in [5, 5.41) is 6.61. The second-order valence-electron chi connectivity index (χ2n) is 10.1. The number of aromatic nitrogens is 4. The number of hydrogen-bond acceptors (Lipinski definition) is 8. The van der Waals surface area contributed by atoms with Crippen molar-refractivity contribution in [1.82, 2.24) is 23.8 Å². The second-order valence-corrected chi connectivity index (χ2v) is 12.9. The maximum Gasteiger partial charge on any atom is 0.224 e. The number of amides is 1. The highest BCUT2D eigenvalue weighted by molar-refractivity contribution is 7.88. The smallest absolute Gasteiger partial charge is 0.224 e. The van der Waals surface area contributed by atoms with Crippen molar-refractivity contribution in [1.29, 1.82) is 0 Å². The number of primary amides is 1. The van der Waals surface area contributed by atoms with Gasteiger partial charge in [-0.3, -0.25) is 9.36 Å². The van der Waals surface area contributed by atoms with Gasteiger partial charge in [0.2, 0.25) is 27.8 Å². The first-order valence-electron chi connectivity index (χ1n) is 12.7. The van der Waals surface area contributed by atoms with Gasteiger partial charge in [0.15, 0.2) is 5.65 Å². The number of carbonyl (C=O) groups is 1. The predicted octanol–water partition coefficient (Wildman–Crippen LogP) is 4.07. The molecule has 0 atom stereocenters. The summed E-state index contributed by atoms with van der Waals surface area (Å²) in [5.41, 5.74) is 6.61. The summed E-state index contributed by atoms with van der Waals surface area (Å²) in [6.07, 6.45) is 6.58. The number of nitrogens with zero attached hydrogens (tertiary/aromatic N) is 5. The van der Waals surface area contributed by atoms with E-state index in [1.165, 1.54) is 16.6 Å². The minimum absolute atomic E-state index is 0.00221. The van der Waals surface area contributed by atoms with Crippen LogP contribution in [0.4, 0.5) is 22.0 Å². The quantitative estimate of drug-likeness (QED) is 0.368. The fraction of sp³-hybridized carbons (Fsp3) is 0.500. The molecule has 0 radical (unpaired) electrons. The number of hydrogen-bond donors (Lipinski definition) is 3. The van der Waals surface area contributed by atoms with E-state index in [4.69, 9.17) is 33.9 Å². The molecule has 2 aliphatic rings. The molecule has 11 nitrogen and oxygen atoms in total. The molecule has 210 valence electrons. The van der Waals surface area contributed by atoms with Gasteiger partial charge in [-0.25, -0.2) is 27.1 Å². The number of piperidine rings is 1. The van der Waals surface area contributed by atoms with Gasteiger partial charge < -0.3 is 16.4 Å².